The summed E-state index contributed by atoms with van der Waals surface area (Å²) < 4.78 is 23.4. The molecular formula is C14H22N3O5P. The molecule has 1 aromatic rings. The maximum absolute atomic E-state index is 13.0. The van der Waals surface area contributed by atoms with Crippen molar-refractivity contribution in [1.29, 1.82) is 0 Å². The van der Waals surface area contributed by atoms with Crippen LogP contribution in [0.1, 0.15) is 27.2 Å². The normalized spacial score (nSPS) is 23.2. The zero-order valence-corrected chi connectivity index (χ0v) is 14.8. The third kappa shape index (κ3) is 3.20. The first-order valence-corrected chi connectivity index (χ1v) is 8.66. The summed E-state index contributed by atoms with van der Waals surface area (Å²) in [5.74, 6) is 0. The Morgan fingerprint density at radius 1 is 1.17 bits per heavy atom. The molecule has 1 unspecified atom stereocenters. The maximum Gasteiger partial charge on any atom is 0.355 e. The molecule has 1 atom stereocenters. The minimum atomic E-state index is -3.49. The van der Waals surface area contributed by atoms with Crippen LogP contribution >= 0.6 is 7.60 Å². The molecule has 1 aromatic carbocycles. The van der Waals surface area contributed by atoms with E-state index in [2.05, 4.69) is 10.6 Å². The first-order chi connectivity index (χ1) is 10.6. The molecule has 0 aromatic heterocycles. The molecule has 128 valence electrons. The van der Waals surface area contributed by atoms with Gasteiger partial charge in [0.05, 0.1) is 16.3 Å². The number of non-ortho nitro benzene ring substituents is 1. The van der Waals surface area contributed by atoms with Gasteiger partial charge in [-0.15, -0.1) is 0 Å². The minimum absolute atomic E-state index is 0.0511. The molecule has 0 amide bonds. The van der Waals surface area contributed by atoms with E-state index < -0.39 is 23.3 Å². The predicted octanol–water partition coefficient (Wildman–Crippen LogP) is 3.80. The number of benzene rings is 1. The van der Waals surface area contributed by atoms with Gasteiger partial charge >= 0.3 is 7.60 Å². The van der Waals surface area contributed by atoms with Crippen LogP contribution in [0.2, 0.25) is 0 Å². The van der Waals surface area contributed by atoms with Crippen molar-refractivity contribution in [1.82, 2.24) is 0 Å². The van der Waals surface area contributed by atoms with Crippen LogP contribution in [0, 0.1) is 10.1 Å². The van der Waals surface area contributed by atoms with Crippen LogP contribution in [-0.4, -0.2) is 30.0 Å². The maximum atomic E-state index is 13.0. The molecule has 1 aliphatic heterocycles. The Hall–Kier alpha value is -1.63. The lowest BCUT2D eigenvalue weighted by molar-refractivity contribution is -0.384. The lowest BCUT2D eigenvalue weighted by atomic mass is 9.96. The second-order valence-corrected chi connectivity index (χ2v) is 9.15. The van der Waals surface area contributed by atoms with E-state index in [0.717, 1.165) is 0 Å². The average molecular weight is 343 g/mol. The van der Waals surface area contributed by atoms with Crippen molar-refractivity contribution in [2.24, 2.45) is 0 Å². The van der Waals surface area contributed by atoms with E-state index in [0.29, 0.717) is 17.8 Å². The monoisotopic (exact) mass is 343 g/mol. The summed E-state index contributed by atoms with van der Waals surface area (Å²) in [4.78, 5) is 10.6. The molecular weight excluding hydrogens is 321 g/mol. The quantitative estimate of drug-likeness (QED) is 0.487. The van der Waals surface area contributed by atoms with Gasteiger partial charge < -0.3 is 19.7 Å². The number of hydrogen-bond donors (Lipinski definition) is 2. The third-order valence-electron chi connectivity index (χ3n) is 3.96. The Labute approximate surface area is 135 Å². The molecule has 0 bridgehead atoms. The van der Waals surface area contributed by atoms with Crippen LogP contribution in [0.25, 0.3) is 0 Å². The summed E-state index contributed by atoms with van der Waals surface area (Å²) in [6, 6.07) is 4.48. The Morgan fingerprint density at radius 3 is 2.30 bits per heavy atom. The van der Waals surface area contributed by atoms with Gasteiger partial charge in [-0.2, -0.15) is 0 Å². The fourth-order valence-corrected chi connectivity index (χ4v) is 4.91. The highest BCUT2D eigenvalue weighted by atomic mass is 31.2. The zero-order valence-electron chi connectivity index (χ0n) is 13.9. The Bertz CT molecular complexity index is 670. The lowest BCUT2D eigenvalue weighted by Crippen LogP contribution is -2.43. The topological polar surface area (TPSA) is 103 Å². The first-order valence-electron chi connectivity index (χ1n) is 7.12. The van der Waals surface area contributed by atoms with Gasteiger partial charge in [0, 0.05) is 38.3 Å². The van der Waals surface area contributed by atoms with Gasteiger partial charge in [-0.25, -0.2) is 0 Å². The number of rotatable bonds is 4. The molecule has 2 rings (SSSR count). The van der Waals surface area contributed by atoms with Crippen molar-refractivity contribution >= 4 is 24.7 Å². The molecule has 0 radical (unpaired) electrons. The lowest BCUT2D eigenvalue weighted by Gasteiger charge is -2.39. The number of nitrogens with zero attached hydrogens (tertiary/aromatic N) is 1. The summed E-state index contributed by atoms with van der Waals surface area (Å²) in [5, 5.41) is 16.4. The van der Waals surface area contributed by atoms with Gasteiger partial charge in [0.25, 0.3) is 5.69 Å². The number of nitro groups is 1. The second kappa shape index (κ2) is 5.78. The van der Waals surface area contributed by atoms with E-state index >= 15 is 0 Å². The van der Waals surface area contributed by atoms with Crippen LogP contribution in [0.4, 0.5) is 17.1 Å². The molecule has 0 saturated carbocycles. The van der Waals surface area contributed by atoms with E-state index in [-0.39, 0.29) is 5.69 Å². The standard InChI is InChI=1S/C14H22N3O5P/c1-13(2)9-14(3,23(20,21-4)22-5)16-12-8-10(17(18)19)6-7-11(12)15-13/h6-8,15-16H,9H2,1-5H3. The van der Waals surface area contributed by atoms with Crippen molar-refractivity contribution in [3.8, 4) is 0 Å². The highest BCUT2D eigenvalue weighted by molar-refractivity contribution is 7.55. The Morgan fingerprint density at radius 2 is 1.78 bits per heavy atom. The van der Waals surface area contributed by atoms with Gasteiger partial charge in [0.2, 0.25) is 0 Å². The summed E-state index contributed by atoms with van der Waals surface area (Å²) in [6.07, 6.45) is 0.418. The molecule has 0 aliphatic carbocycles. The average Bonchev–Trinajstić information content (AvgIpc) is 2.57. The molecule has 1 aliphatic rings. The number of anilines is 2. The Kier molecular flexibility index (Phi) is 4.45. The number of hydrogen-bond acceptors (Lipinski definition) is 7. The largest absolute Gasteiger partial charge is 0.378 e. The molecule has 9 heteroatoms. The first kappa shape index (κ1) is 17.7. The van der Waals surface area contributed by atoms with Crippen molar-refractivity contribution in [3.05, 3.63) is 28.3 Å². The molecule has 23 heavy (non-hydrogen) atoms. The van der Waals surface area contributed by atoms with Crippen LogP contribution in [-0.2, 0) is 13.6 Å². The second-order valence-electron chi connectivity index (χ2n) is 6.43. The van der Waals surface area contributed by atoms with Crippen LogP contribution in [0.5, 0.6) is 0 Å². The van der Waals surface area contributed by atoms with E-state index in [1.165, 1.54) is 26.4 Å². The van der Waals surface area contributed by atoms with Crippen molar-refractivity contribution < 1.29 is 18.5 Å². The van der Waals surface area contributed by atoms with Gasteiger partial charge in [-0.1, -0.05) is 0 Å². The summed E-state index contributed by atoms with van der Waals surface area (Å²) in [7, 11) is -0.831. The highest BCUT2D eigenvalue weighted by Crippen LogP contribution is 2.62. The van der Waals surface area contributed by atoms with Crippen LogP contribution in [0.3, 0.4) is 0 Å². The van der Waals surface area contributed by atoms with Crippen LogP contribution < -0.4 is 10.6 Å². The van der Waals surface area contributed by atoms with Gasteiger partial charge in [0.15, 0.2) is 0 Å². The van der Waals surface area contributed by atoms with Crippen molar-refractivity contribution in [2.75, 3.05) is 24.9 Å². The van der Waals surface area contributed by atoms with Gasteiger partial charge in [-0.3, -0.25) is 14.7 Å². The van der Waals surface area contributed by atoms with Gasteiger partial charge in [0.1, 0.15) is 5.28 Å². The molecule has 8 nitrogen and oxygen atoms in total. The highest BCUT2D eigenvalue weighted by Gasteiger charge is 2.51. The van der Waals surface area contributed by atoms with E-state index in [9.17, 15) is 14.7 Å². The minimum Gasteiger partial charge on any atom is -0.378 e. The van der Waals surface area contributed by atoms with Crippen LogP contribution in [0.15, 0.2) is 18.2 Å². The summed E-state index contributed by atoms with van der Waals surface area (Å²) in [6.45, 7) is 5.65. The fourth-order valence-electron chi connectivity index (χ4n) is 3.10. The Balaban J connectivity index is 2.60. The smallest absolute Gasteiger partial charge is 0.355 e. The molecule has 0 fully saturated rings. The SMILES string of the molecule is COP(=O)(OC)C1(C)CC(C)(C)Nc2ccc([N+](=O)[O-])cc2N1. The van der Waals surface area contributed by atoms with Crippen molar-refractivity contribution in [3.63, 3.8) is 0 Å². The van der Waals surface area contributed by atoms with Gasteiger partial charge in [-0.05, 0) is 26.8 Å². The summed E-state index contributed by atoms with van der Waals surface area (Å²) in [5.41, 5.74) is 0.699. The molecule has 2 N–H and O–H groups in total. The number of nitrogens with one attached hydrogen (secondary N) is 2. The summed E-state index contributed by atoms with van der Waals surface area (Å²) >= 11 is 0. The van der Waals surface area contributed by atoms with E-state index in [4.69, 9.17) is 9.05 Å². The molecule has 1 heterocycles. The fraction of sp³-hybridized carbons (Fsp3) is 0.571. The third-order valence-corrected chi connectivity index (χ3v) is 6.40. The van der Waals surface area contributed by atoms with E-state index in [1.54, 1.807) is 13.0 Å². The van der Waals surface area contributed by atoms with E-state index in [1.807, 2.05) is 13.8 Å². The number of nitro benzene ring substituents is 1. The van der Waals surface area contributed by atoms with Crippen molar-refractivity contribution in [2.45, 2.75) is 38.0 Å². The molecule has 0 spiro atoms. The predicted molar refractivity (Wildman–Crippen MR) is 89.1 cm³/mol. The number of fused-ring (bicyclic) bond motifs is 1. The molecule has 0 saturated heterocycles. The zero-order chi connectivity index (χ0) is 17.5.